The Kier molecular flexibility index (Phi) is 2.92. The van der Waals surface area contributed by atoms with Crippen LogP contribution in [-0.4, -0.2) is 51.2 Å². The average molecular weight is 286 g/mol. The van der Waals surface area contributed by atoms with E-state index in [4.69, 9.17) is 4.74 Å². The summed E-state index contributed by atoms with van der Waals surface area (Å²) in [5, 5.41) is 4.17. The zero-order chi connectivity index (χ0) is 14.4. The fraction of sp³-hybridized carbons (Fsp3) is 0.533. The molecule has 0 bridgehead atoms. The summed E-state index contributed by atoms with van der Waals surface area (Å²) >= 11 is 0. The van der Waals surface area contributed by atoms with Crippen LogP contribution in [-0.2, 0) is 4.74 Å². The molecule has 6 nitrogen and oxygen atoms in total. The van der Waals surface area contributed by atoms with Crippen LogP contribution < -0.4 is 0 Å². The van der Waals surface area contributed by atoms with Crippen LogP contribution in [0.25, 0.3) is 5.65 Å². The van der Waals surface area contributed by atoms with Gasteiger partial charge in [0, 0.05) is 18.8 Å². The average Bonchev–Trinajstić information content (AvgIpc) is 3.25. The zero-order valence-electron chi connectivity index (χ0n) is 12.0. The Hall–Kier alpha value is -1.95. The number of nitrogens with zero attached hydrogens (tertiary/aromatic N) is 4. The van der Waals surface area contributed by atoms with E-state index in [1.165, 1.54) is 12.8 Å². The lowest BCUT2D eigenvalue weighted by Gasteiger charge is -2.36. The highest BCUT2D eigenvalue weighted by molar-refractivity contribution is 5.95. The highest BCUT2D eigenvalue weighted by Crippen LogP contribution is 2.37. The van der Waals surface area contributed by atoms with Crippen molar-refractivity contribution < 1.29 is 9.53 Å². The topological polar surface area (TPSA) is 59.7 Å². The van der Waals surface area contributed by atoms with Gasteiger partial charge in [-0.25, -0.2) is 9.50 Å². The predicted molar refractivity (Wildman–Crippen MR) is 76.1 cm³/mol. The number of hydrogen-bond donors (Lipinski definition) is 0. The lowest BCUT2D eigenvalue weighted by molar-refractivity contribution is -0.00843. The number of amides is 1. The summed E-state index contributed by atoms with van der Waals surface area (Å²) in [5.41, 5.74) is 2.16. The van der Waals surface area contributed by atoms with Crippen molar-refractivity contribution in [3.63, 3.8) is 0 Å². The minimum atomic E-state index is 0.0533. The van der Waals surface area contributed by atoms with E-state index in [0.717, 1.165) is 11.3 Å². The molecule has 21 heavy (non-hydrogen) atoms. The number of morpholine rings is 1. The maximum absolute atomic E-state index is 12.9. The van der Waals surface area contributed by atoms with Crippen molar-refractivity contribution in [2.45, 2.75) is 25.8 Å². The third-order valence-corrected chi connectivity index (χ3v) is 4.40. The smallest absolute Gasteiger partial charge is 0.257 e. The zero-order valence-corrected chi connectivity index (χ0v) is 12.0. The summed E-state index contributed by atoms with van der Waals surface area (Å²) in [6.07, 6.45) is 5.89. The number of aryl methyl sites for hydroxylation is 1. The fourth-order valence-electron chi connectivity index (χ4n) is 3.05. The van der Waals surface area contributed by atoms with Gasteiger partial charge in [0.2, 0.25) is 0 Å². The first-order chi connectivity index (χ1) is 10.2. The Bertz CT molecular complexity index is 692. The molecule has 0 radical (unpaired) electrons. The van der Waals surface area contributed by atoms with Crippen LogP contribution in [0.3, 0.4) is 0 Å². The van der Waals surface area contributed by atoms with Gasteiger partial charge >= 0.3 is 0 Å². The van der Waals surface area contributed by atoms with Crippen molar-refractivity contribution >= 4 is 11.6 Å². The molecule has 2 aromatic rings. The molecule has 1 aliphatic heterocycles. The largest absolute Gasteiger partial charge is 0.377 e. The molecule has 0 spiro atoms. The Balaban J connectivity index is 1.69. The number of rotatable bonds is 2. The first-order valence-corrected chi connectivity index (χ1v) is 7.44. The quantitative estimate of drug-likeness (QED) is 0.834. The summed E-state index contributed by atoms with van der Waals surface area (Å²) < 4.78 is 7.22. The molecule has 0 aromatic carbocycles. The van der Waals surface area contributed by atoms with E-state index >= 15 is 0 Å². The van der Waals surface area contributed by atoms with Gasteiger partial charge in [-0.3, -0.25) is 4.79 Å². The van der Waals surface area contributed by atoms with Gasteiger partial charge in [0.05, 0.1) is 36.7 Å². The molecule has 4 rings (SSSR count). The van der Waals surface area contributed by atoms with Crippen LogP contribution in [0.5, 0.6) is 0 Å². The van der Waals surface area contributed by atoms with Gasteiger partial charge in [0.15, 0.2) is 5.65 Å². The normalized spacial score (nSPS) is 22.7. The van der Waals surface area contributed by atoms with E-state index in [0.29, 0.717) is 31.2 Å². The summed E-state index contributed by atoms with van der Waals surface area (Å²) in [6, 6.07) is 2.06. The summed E-state index contributed by atoms with van der Waals surface area (Å²) in [5.74, 6) is 0.661. The Morgan fingerprint density at radius 3 is 3.10 bits per heavy atom. The number of aromatic nitrogens is 3. The molecule has 1 atom stereocenters. The van der Waals surface area contributed by atoms with E-state index in [1.54, 1.807) is 16.9 Å². The molecule has 1 unspecified atom stereocenters. The fourth-order valence-corrected chi connectivity index (χ4v) is 3.05. The third kappa shape index (κ3) is 2.19. The van der Waals surface area contributed by atoms with Gasteiger partial charge in [-0.2, -0.15) is 5.10 Å². The van der Waals surface area contributed by atoms with Crippen LogP contribution in [0.2, 0.25) is 0 Å². The van der Waals surface area contributed by atoms with E-state index in [-0.39, 0.29) is 11.9 Å². The number of hydrogen-bond acceptors (Lipinski definition) is 4. The van der Waals surface area contributed by atoms with Gasteiger partial charge < -0.3 is 9.64 Å². The molecule has 1 aliphatic carbocycles. The molecule has 110 valence electrons. The Morgan fingerprint density at radius 2 is 2.29 bits per heavy atom. The standard InChI is InChI=1S/C15H18N4O2/c1-10-12(8-19-14(17-10)4-5-16-19)15(20)18-6-7-21-9-13(18)11-2-3-11/h4-5,8,11,13H,2-3,6-7,9H2,1H3. The van der Waals surface area contributed by atoms with Crippen molar-refractivity contribution in [1.82, 2.24) is 19.5 Å². The van der Waals surface area contributed by atoms with Gasteiger partial charge in [0.25, 0.3) is 5.91 Å². The van der Waals surface area contributed by atoms with Crippen molar-refractivity contribution in [3.05, 3.63) is 29.7 Å². The van der Waals surface area contributed by atoms with Crippen LogP contribution in [0.1, 0.15) is 28.9 Å². The lowest BCUT2D eigenvalue weighted by atomic mass is 10.1. The minimum Gasteiger partial charge on any atom is -0.377 e. The second-order valence-electron chi connectivity index (χ2n) is 5.85. The number of carbonyl (C=O) groups is 1. The Morgan fingerprint density at radius 1 is 1.43 bits per heavy atom. The van der Waals surface area contributed by atoms with Crippen LogP contribution in [0.15, 0.2) is 18.5 Å². The van der Waals surface area contributed by atoms with Crippen molar-refractivity contribution in [1.29, 1.82) is 0 Å². The van der Waals surface area contributed by atoms with E-state index in [9.17, 15) is 4.79 Å². The molecule has 2 fully saturated rings. The second kappa shape index (κ2) is 4.80. The van der Waals surface area contributed by atoms with Crippen LogP contribution >= 0.6 is 0 Å². The highest BCUT2D eigenvalue weighted by atomic mass is 16.5. The van der Waals surface area contributed by atoms with Gasteiger partial charge in [-0.05, 0) is 25.7 Å². The maximum atomic E-state index is 12.9. The summed E-state index contributed by atoms with van der Waals surface area (Å²) in [6.45, 7) is 3.82. The third-order valence-electron chi connectivity index (χ3n) is 4.40. The van der Waals surface area contributed by atoms with Crippen LogP contribution in [0.4, 0.5) is 0 Å². The van der Waals surface area contributed by atoms with Crippen LogP contribution in [0, 0.1) is 12.8 Å². The van der Waals surface area contributed by atoms with E-state index in [2.05, 4.69) is 10.1 Å². The number of fused-ring (bicyclic) bond motifs is 1. The first-order valence-electron chi connectivity index (χ1n) is 7.44. The molecular formula is C15H18N4O2. The second-order valence-corrected chi connectivity index (χ2v) is 5.85. The molecule has 1 saturated carbocycles. The van der Waals surface area contributed by atoms with Gasteiger partial charge in [-0.1, -0.05) is 0 Å². The SMILES string of the molecule is Cc1nc2ccnn2cc1C(=O)N1CCOCC1C1CC1. The first kappa shape index (κ1) is 12.8. The molecule has 6 heteroatoms. The summed E-state index contributed by atoms with van der Waals surface area (Å²) in [4.78, 5) is 19.3. The van der Waals surface area contributed by atoms with Crippen molar-refractivity contribution in [2.24, 2.45) is 5.92 Å². The highest BCUT2D eigenvalue weighted by Gasteiger charge is 2.39. The number of carbonyl (C=O) groups excluding carboxylic acids is 1. The molecular weight excluding hydrogens is 268 g/mol. The molecule has 1 saturated heterocycles. The van der Waals surface area contributed by atoms with Crippen molar-refractivity contribution in [2.75, 3.05) is 19.8 Å². The minimum absolute atomic E-state index is 0.0533. The van der Waals surface area contributed by atoms with Gasteiger partial charge in [-0.15, -0.1) is 0 Å². The molecule has 1 amide bonds. The van der Waals surface area contributed by atoms with E-state index < -0.39 is 0 Å². The molecule has 0 N–H and O–H groups in total. The van der Waals surface area contributed by atoms with E-state index in [1.807, 2.05) is 17.9 Å². The Labute approximate surface area is 122 Å². The monoisotopic (exact) mass is 286 g/mol. The van der Waals surface area contributed by atoms with Crippen molar-refractivity contribution in [3.8, 4) is 0 Å². The predicted octanol–water partition coefficient (Wildman–Crippen LogP) is 1.29. The molecule has 3 heterocycles. The lowest BCUT2D eigenvalue weighted by Crippen LogP contribution is -2.50. The summed E-state index contributed by atoms with van der Waals surface area (Å²) in [7, 11) is 0. The molecule has 2 aliphatic rings. The number of ether oxygens (including phenoxy) is 1. The molecule has 2 aromatic heterocycles. The van der Waals surface area contributed by atoms with Gasteiger partial charge in [0.1, 0.15) is 0 Å². The maximum Gasteiger partial charge on any atom is 0.257 e.